The fraction of sp³-hybridized carbons (Fsp3) is 0. The first-order chi connectivity index (χ1) is 5.35. The Morgan fingerprint density at radius 3 is 2.09 bits per heavy atom. The molecule has 0 aliphatic rings. The topological polar surface area (TPSA) is 17.1 Å². The second-order valence-electron chi connectivity index (χ2n) is 1.60. The van der Waals surface area contributed by atoms with E-state index in [2.05, 4.69) is 17.5 Å². The normalized spacial score (nSPS) is 6.91. The van der Waals surface area contributed by atoms with E-state index in [-0.39, 0.29) is 5.75 Å². The lowest BCUT2D eigenvalue weighted by atomic mass is 10.2. The van der Waals surface area contributed by atoms with Crippen LogP contribution >= 0.6 is 11.6 Å². The highest BCUT2D eigenvalue weighted by Gasteiger charge is 1.76. The van der Waals surface area contributed by atoms with Crippen LogP contribution in [0.4, 0.5) is 0 Å². The number of benzene rings is 1. The Hall–Kier alpha value is -1.26. The van der Waals surface area contributed by atoms with Crippen LogP contribution in [0.15, 0.2) is 30.3 Å². The van der Waals surface area contributed by atoms with E-state index in [0.717, 1.165) is 5.56 Å². The summed E-state index contributed by atoms with van der Waals surface area (Å²) < 4.78 is 0. The fourth-order valence-electron chi connectivity index (χ4n) is 0.534. The molecule has 0 radical (unpaired) electrons. The highest BCUT2D eigenvalue weighted by molar-refractivity contribution is 6.54. The molecule has 2 heteroatoms. The van der Waals surface area contributed by atoms with E-state index < -0.39 is 0 Å². The number of carbonyl (C=O) groups is 1. The zero-order chi connectivity index (χ0) is 8.53. The van der Waals surface area contributed by atoms with Crippen molar-refractivity contribution in [3.05, 3.63) is 35.9 Å². The number of hydrogen-bond donors (Lipinski definition) is 0. The van der Waals surface area contributed by atoms with Gasteiger partial charge in [0.05, 0.1) is 0 Å². The number of rotatable bonds is 0. The molecule has 0 aliphatic heterocycles. The van der Waals surface area contributed by atoms with Crippen molar-refractivity contribution in [2.75, 3.05) is 0 Å². The Bertz CT molecular complexity index is 235. The molecule has 0 heterocycles. The van der Waals surface area contributed by atoms with Gasteiger partial charge in [-0.15, -0.1) is 6.42 Å². The Balaban J connectivity index is 0.000000292. The Morgan fingerprint density at radius 1 is 1.36 bits per heavy atom. The molecular weight excluding hydrogens is 160 g/mol. The average molecular weight is 167 g/mol. The summed E-state index contributed by atoms with van der Waals surface area (Å²) in [7, 11) is 0. The summed E-state index contributed by atoms with van der Waals surface area (Å²) in [4.78, 5) is 8.57. The number of carbonyl (C=O) groups excluding carboxylic acids is 1. The first kappa shape index (κ1) is 9.74. The largest absolute Gasteiger partial charge is 0.285 e. The molecule has 0 amide bonds. The fourth-order valence-corrected chi connectivity index (χ4v) is 0.534. The van der Waals surface area contributed by atoms with E-state index in [0.29, 0.717) is 0 Å². The van der Waals surface area contributed by atoms with E-state index in [1.807, 2.05) is 30.3 Å². The zero-order valence-electron chi connectivity index (χ0n) is 5.83. The number of halogens is 1. The Morgan fingerprint density at radius 2 is 1.82 bits per heavy atom. The van der Waals surface area contributed by atoms with E-state index in [4.69, 9.17) is 11.2 Å². The molecule has 1 rings (SSSR count). The van der Waals surface area contributed by atoms with Gasteiger partial charge in [-0.3, -0.25) is 4.79 Å². The van der Waals surface area contributed by atoms with Gasteiger partial charge in [-0.25, -0.2) is 0 Å². The minimum absolute atomic E-state index is 0.222. The molecule has 0 fully saturated rings. The highest BCUT2D eigenvalue weighted by Crippen LogP contribution is 1.92. The third kappa shape index (κ3) is 5.20. The van der Waals surface area contributed by atoms with Crippen LogP contribution in [0.3, 0.4) is 0 Å². The van der Waals surface area contributed by atoms with E-state index in [9.17, 15) is 0 Å². The number of terminal acetylenes is 1. The van der Waals surface area contributed by atoms with Gasteiger partial charge < -0.3 is 0 Å². The molecule has 0 spiro atoms. The molecule has 0 aliphatic carbocycles. The first-order valence-electron chi connectivity index (χ1n) is 2.90. The van der Waals surface area contributed by atoms with Crippen molar-refractivity contribution < 1.29 is 4.79 Å². The predicted molar refractivity (Wildman–Crippen MR) is 47.0 cm³/mol. The van der Waals surface area contributed by atoms with Gasteiger partial charge in [0, 0.05) is 5.56 Å². The molecule has 0 atom stereocenters. The molecule has 1 aromatic rings. The van der Waals surface area contributed by atoms with Crippen LogP contribution in [0.25, 0.3) is 0 Å². The van der Waals surface area contributed by atoms with Crippen molar-refractivity contribution in [1.82, 2.24) is 0 Å². The SMILES string of the molecule is C#Cc1ccccc1.O=CCl. The van der Waals surface area contributed by atoms with Gasteiger partial charge in [-0.1, -0.05) is 24.1 Å². The maximum absolute atomic E-state index is 8.57. The van der Waals surface area contributed by atoms with Gasteiger partial charge >= 0.3 is 0 Å². The summed E-state index contributed by atoms with van der Waals surface area (Å²) in [6.07, 6.45) is 5.10. The Labute approximate surface area is 71.0 Å². The van der Waals surface area contributed by atoms with Crippen molar-refractivity contribution in [1.29, 1.82) is 0 Å². The van der Waals surface area contributed by atoms with Gasteiger partial charge in [-0.05, 0) is 23.7 Å². The second-order valence-corrected chi connectivity index (χ2v) is 1.78. The number of hydrogen-bond acceptors (Lipinski definition) is 1. The maximum Gasteiger partial charge on any atom is 0.208 e. The third-order valence-corrected chi connectivity index (χ3v) is 0.940. The minimum atomic E-state index is 0.222. The third-order valence-electron chi connectivity index (χ3n) is 0.940. The monoisotopic (exact) mass is 166 g/mol. The lowest BCUT2D eigenvalue weighted by Crippen LogP contribution is -1.66. The average Bonchev–Trinajstić information content (AvgIpc) is 2.08. The molecule has 0 bridgehead atoms. The molecule has 11 heavy (non-hydrogen) atoms. The summed E-state index contributed by atoms with van der Waals surface area (Å²) >= 11 is 4.32. The highest BCUT2D eigenvalue weighted by atomic mass is 35.5. The van der Waals surface area contributed by atoms with Crippen LogP contribution in [0.2, 0.25) is 0 Å². The van der Waals surface area contributed by atoms with Crippen molar-refractivity contribution in [3.63, 3.8) is 0 Å². The summed E-state index contributed by atoms with van der Waals surface area (Å²) in [5.74, 6) is 2.75. The first-order valence-corrected chi connectivity index (χ1v) is 3.34. The van der Waals surface area contributed by atoms with Crippen LogP contribution in [0, 0.1) is 12.3 Å². The molecule has 0 unspecified atom stereocenters. The quantitative estimate of drug-likeness (QED) is 0.328. The predicted octanol–water partition coefficient (Wildman–Crippen LogP) is 2.08. The molecule has 56 valence electrons. The lowest BCUT2D eigenvalue weighted by molar-refractivity contribution is 0.569. The summed E-state index contributed by atoms with van der Waals surface area (Å²) in [5.41, 5.74) is 0.938. The molecule has 0 aromatic heterocycles. The van der Waals surface area contributed by atoms with Crippen LogP contribution in [-0.4, -0.2) is 5.75 Å². The standard InChI is InChI=1S/C8H6.CHClO/c1-2-8-6-4-3-5-7-8;2-1-3/h1,3-7H;1H. The van der Waals surface area contributed by atoms with Crippen molar-refractivity contribution in [3.8, 4) is 12.3 Å². The van der Waals surface area contributed by atoms with Crippen molar-refractivity contribution in [2.45, 2.75) is 0 Å². The van der Waals surface area contributed by atoms with Gasteiger partial charge in [-0.2, -0.15) is 0 Å². The minimum Gasteiger partial charge on any atom is -0.285 e. The van der Waals surface area contributed by atoms with Gasteiger partial charge in [0.15, 0.2) is 0 Å². The molecular formula is C9H7ClO. The Kier molecular flexibility index (Phi) is 6.07. The molecule has 0 saturated carbocycles. The summed E-state index contributed by atoms with van der Waals surface area (Å²) in [6.45, 7) is 0. The molecule has 0 N–H and O–H groups in total. The van der Waals surface area contributed by atoms with Crippen molar-refractivity contribution in [2.24, 2.45) is 0 Å². The molecule has 0 saturated heterocycles. The smallest absolute Gasteiger partial charge is 0.208 e. The van der Waals surface area contributed by atoms with E-state index in [1.54, 1.807) is 0 Å². The summed E-state index contributed by atoms with van der Waals surface area (Å²) in [5, 5.41) is 0. The maximum atomic E-state index is 8.57. The molecule has 1 aromatic carbocycles. The van der Waals surface area contributed by atoms with E-state index in [1.165, 1.54) is 0 Å². The van der Waals surface area contributed by atoms with Crippen LogP contribution in [-0.2, 0) is 4.79 Å². The van der Waals surface area contributed by atoms with Crippen LogP contribution in [0.5, 0.6) is 0 Å². The second kappa shape index (κ2) is 6.85. The summed E-state index contributed by atoms with van der Waals surface area (Å²) in [6, 6.07) is 9.60. The van der Waals surface area contributed by atoms with Gasteiger partial charge in [0.1, 0.15) is 0 Å². The van der Waals surface area contributed by atoms with E-state index >= 15 is 0 Å². The zero-order valence-corrected chi connectivity index (χ0v) is 6.58. The van der Waals surface area contributed by atoms with Crippen LogP contribution < -0.4 is 0 Å². The van der Waals surface area contributed by atoms with Crippen LogP contribution in [0.1, 0.15) is 5.56 Å². The van der Waals surface area contributed by atoms with Gasteiger partial charge in [0.25, 0.3) is 0 Å². The van der Waals surface area contributed by atoms with Gasteiger partial charge in [0.2, 0.25) is 5.75 Å². The van der Waals surface area contributed by atoms with Crippen molar-refractivity contribution >= 4 is 17.3 Å². The molecule has 1 nitrogen and oxygen atoms in total. The lowest BCUT2D eigenvalue weighted by Gasteiger charge is -1.82.